The van der Waals surface area contributed by atoms with Gasteiger partial charge in [-0.3, -0.25) is 0 Å². The number of halogens is 1. The topological polar surface area (TPSA) is 38.9 Å². The first-order valence-corrected chi connectivity index (χ1v) is 3.00. The maximum atomic E-state index is 5.54. The number of pyridine rings is 1. The third kappa shape index (κ3) is 1.40. The number of hydrogen-bond donors (Lipinski definition) is 1. The number of nitrogens with zero attached hydrogens (tertiary/aromatic N) is 1. The maximum absolute atomic E-state index is 5.54. The first-order chi connectivity index (χ1) is 4.72. The molecular weight excluding hydrogens is 148 g/mol. The zero-order chi connectivity index (χ0) is 7.56. The summed E-state index contributed by atoms with van der Waals surface area (Å²) in [6.45, 7) is 0. The molecule has 0 unspecified atom stereocenters. The summed E-state index contributed by atoms with van der Waals surface area (Å²) in [4.78, 5) is 3.80. The van der Waals surface area contributed by atoms with Crippen molar-refractivity contribution in [3.05, 3.63) is 23.0 Å². The molecule has 0 aliphatic carbocycles. The van der Waals surface area contributed by atoms with Crippen LogP contribution in [0.3, 0.4) is 0 Å². The van der Waals surface area contributed by atoms with E-state index in [1.165, 1.54) is 0 Å². The van der Waals surface area contributed by atoms with Crippen molar-refractivity contribution in [2.75, 3.05) is 5.73 Å². The lowest BCUT2D eigenvalue weighted by Crippen LogP contribution is -1.89. The van der Waals surface area contributed by atoms with Crippen molar-refractivity contribution in [3.63, 3.8) is 0 Å². The molecule has 2 nitrogen and oxygen atoms in total. The Balaban J connectivity index is 3.22. The van der Waals surface area contributed by atoms with Gasteiger partial charge in [-0.1, -0.05) is 17.5 Å². The van der Waals surface area contributed by atoms with Crippen molar-refractivity contribution in [1.29, 1.82) is 0 Å². The number of anilines is 1. The summed E-state index contributed by atoms with van der Waals surface area (Å²) >= 11 is 5.54. The van der Waals surface area contributed by atoms with Gasteiger partial charge in [-0.05, 0) is 12.1 Å². The monoisotopic (exact) mass is 152 g/mol. The second-order valence-electron chi connectivity index (χ2n) is 1.75. The van der Waals surface area contributed by atoms with Gasteiger partial charge in [0.25, 0.3) is 0 Å². The van der Waals surface area contributed by atoms with Crippen LogP contribution < -0.4 is 5.73 Å². The number of terminal acetylenes is 1. The largest absolute Gasteiger partial charge is 0.399 e. The molecule has 1 rings (SSSR count). The average Bonchev–Trinajstić information content (AvgIpc) is 1.85. The predicted octanol–water partition coefficient (Wildman–Crippen LogP) is 1.30. The van der Waals surface area contributed by atoms with Crippen LogP contribution in [0.2, 0.25) is 5.15 Å². The van der Waals surface area contributed by atoms with Gasteiger partial charge >= 0.3 is 0 Å². The highest BCUT2D eigenvalue weighted by Crippen LogP contribution is 2.10. The second kappa shape index (κ2) is 2.59. The van der Waals surface area contributed by atoms with Gasteiger partial charge in [0.2, 0.25) is 0 Å². The molecule has 10 heavy (non-hydrogen) atoms. The highest BCUT2D eigenvalue weighted by Gasteiger charge is 1.93. The summed E-state index contributed by atoms with van der Waals surface area (Å²) in [5, 5.41) is 0.327. The maximum Gasteiger partial charge on any atom is 0.132 e. The zero-order valence-corrected chi connectivity index (χ0v) is 5.89. The van der Waals surface area contributed by atoms with Gasteiger partial charge in [-0.2, -0.15) is 0 Å². The summed E-state index contributed by atoms with van der Waals surface area (Å²) < 4.78 is 0. The summed E-state index contributed by atoms with van der Waals surface area (Å²) in [6.07, 6.45) is 5.06. The lowest BCUT2D eigenvalue weighted by atomic mass is 10.3. The van der Waals surface area contributed by atoms with Gasteiger partial charge in [0, 0.05) is 5.69 Å². The summed E-state index contributed by atoms with van der Waals surface area (Å²) in [7, 11) is 0. The van der Waals surface area contributed by atoms with E-state index in [2.05, 4.69) is 10.9 Å². The van der Waals surface area contributed by atoms with Gasteiger partial charge in [0.05, 0.1) is 0 Å². The predicted molar refractivity (Wildman–Crippen MR) is 41.6 cm³/mol. The van der Waals surface area contributed by atoms with E-state index in [9.17, 15) is 0 Å². The summed E-state index contributed by atoms with van der Waals surface area (Å²) in [5.74, 6) is 2.33. The van der Waals surface area contributed by atoms with Gasteiger partial charge in [0.1, 0.15) is 10.8 Å². The van der Waals surface area contributed by atoms with Crippen LogP contribution in [-0.4, -0.2) is 4.98 Å². The number of aromatic nitrogens is 1. The number of nitrogen functional groups attached to an aromatic ring is 1. The molecule has 1 aromatic rings. The third-order valence-corrected chi connectivity index (χ3v) is 1.16. The normalized spacial score (nSPS) is 8.80. The minimum atomic E-state index is 0.327. The molecule has 1 heterocycles. The smallest absolute Gasteiger partial charge is 0.132 e. The van der Waals surface area contributed by atoms with Crippen LogP contribution in [0.5, 0.6) is 0 Å². The number of hydrogen-bond acceptors (Lipinski definition) is 2. The minimum absolute atomic E-state index is 0.327. The molecular formula is C7H5ClN2. The van der Waals surface area contributed by atoms with Crippen LogP contribution in [0.15, 0.2) is 12.1 Å². The van der Waals surface area contributed by atoms with E-state index >= 15 is 0 Å². The van der Waals surface area contributed by atoms with Crippen molar-refractivity contribution < 1.29 is 0 Å². The molecule has 0 aliphatic rings. The van der Waals surface area contributed by atoms with E-state index in [1.54, 1.807) is 12.1 Å². The first kappa shape index (κ1) is 6.91. The SMILES string of the molecule is C#Cc1cc(N)cc(Cl)n1. The van der Waals surface area contributed by atoms with E-state index in [1.807, 2.05) is 0 Å². The van der Waals surface area contributed by atoms with Crippen LogP contribution in [0, 0.1) is 12.3 Å². The number of rotatable bonds is 0. The van der Waals surface area contributed by atoms with Crippen molar-refractivity contribution in [2.24, 2.45) is 0 Å². The van der Waals surface area contributed by atoms with Crippen molar-refractivity contribution in [3.8, 4) is 12.3 Å². The molecule has 3 heteroatoms. The highest BCUT2D eigenvalue weighted by molar-refractivity contribution is 6.29. The molecule has 0 fully saturated rings. The Kier molecular flexibility index (Phi) is 1.79. The van der Waals surface area contributed by atoms with Gasteiger partial charge in [-0.15, -0.1) is 6.42 Å². The fraction of sp³-hybridized carbons (Fsp3) is 0. The van der Waals surface area contributed by atoms with Crippen LogP contribution in [0.1, 0.15) is 5.69 Å². The van der Waals surface area contributed by atoms with Crippen molar-refractivity contribution >= 4 is 17.3 Å². The summed E-state index contributed by atoms with van der Waals surface area (Å²) in [5.41, 5.74) is 6.41. The van der Waals surface area contributed by atoms with Crippen LogP contribution in [0.4, 0.5) is 5.69 Å². The summed E-state index contributed by atoms with van der Waals surface area (Å²) in [6, 6.07) is 3.13. The molecule has 0 aromatic carbocycles. The molecule has 0 spiro atoms. The van der Waals surface area contributed by atoms with E-state index in [-0.39, 0.29) is 0 Å². The third-order valence-electron chi connectivity index (χ3n) is 0.964. The molecule has 0 radical (unpaired) electrons. The fourth-order valence-electron chi connectivity index (χ4n) is 0.591. The Morgan fingerprint density at radius 1 is 1.60 bits per heavy atom. The van der Waals surface area contributed by atoms with Crippen LogP contribution >= 0.6 is 11.6 Å². The molecule has 0 saturated heterocycles. The van der Waals surface area contributed by atoms with E-state index in [0.29, 0.717) is 16.5 Å². The zero-order valence-electron chi connectivity index (χ0n) is 5.13. The van der Waals surface area contributed by atoms with E-state index in [0.717, 1.165) is 0 Å². The standard InChI is InChI=1S/C7H5ClN2/c1-2-6-3-5(9)4-7(8)10-6/h1,3-4H,(H2,9,10). The Morgan fingerprint density at radius 2 is 2.30 bits per heavy atom. The van der Waals surface area contributed by atoms with E-state index in [4.69, 9.17) is 23.8 Å². The Hall–Kier alpha value is -1.20. The molecule has 2 N–H and O–H groups in total. The second-order valence-corrected chi connectivity index (χ2v) is 2.14. The van der Waals surface area contributed by atoms with Gasteiger partial charge in [0.15, 0.2) is 0 Å². The highest BCUT2D eigenvalue weighted by atomic mass is 35.5. The Morgan fingerprint density at radius 3 is 2.80 bits per heavy atom. The Bertz CT molecular complexity index is 268. The number of nitrogens with two attached hydrogens (primary N) is 1. The lowest BCUT2D eigenvalue weighted by Gasteiger charge is -1.94. The fourth-order valence-corrected chi connectivity index (χ4v) is 0.808. The minimum Gasteiger partial charge on any atom is -0.399 e. The molecule has 0 aliphatic heterocycles. The van der Waals surface area contributed by atoms with Gasteiger partial charge < -0.3 is 5.73 Å². The van der Waals surface area contributed by atoms with Crippen LogP contribution in [-0.2, 0) is 0 Å². The molecule has 1 aromatic heterocycles. The van der Waals surface area contributed by atoms with Crippen molar-refractivity contribution in [1.82, 2.24) is 4.98 Å². The lowest BCUT2D eigenvalue weighted by molar-refractivity contribution is 1.29. The van der Waals surface area contributed by atoms with Crippen molar-refractivity contribution in [2.45, 2.75) is 0 Å². The average molecular weight is 153 g/mol. The van der Waals surface area contributed by atoms with Crippen LogP contribution in [0.25, 0.3) is 0 Å². The molecule has 50 valence electrons. The molecule has 0 saturated carbocycles. The van der Waals surface area contributed by atoms with Gasteiger partial charge in [-0.25, -0.2) is 4.98 Å². The molecule has 0 bridgehead atoms. The molecule has 0 atom stereocenters. The first-order valence-electron chi connectivity index (χ1n) is 2.62. The molecule has 0 amide bonds. The Labute approximate surface area is 64.0 Å². The quantitative estimate of drug-likeness (QED) is 0.450. The van der Waals surface area contributed by atoms with E-state index < -0.39 is 0 Å².